The standard InChI is InChI=1S/C9H9BrFN/c1-5-6-2-3-8(10)9(11)7(6)4-12-5/h2-3,5,12H,4H2,1H3/t5-/m0/s1. The second-order valence-electron chi connectivity index (χ2n) is 3.03. The molecule has 2 rings (SSSR count). The van der Waals surface area contributed by atoms with E-state index in [0.717, 1.165) is 11.1 Å². The van der Waals surface area contributed by atoms with Gasteiger partial charge in [-0.3, -0.25) is 0 Å². The van der Waals surface area contributed by atoms with Crippen molar-refractivity contribution in [3.8, 4) is 0 Å². The Kier molecular flexibility index (Phi) is 1.93. The van der Waals surface area contributed by atoms with Gasteiger partial charge >= 0.3 is 0 Å². The summed E-state index contributed by atoms with van der Waals surface area (Å²) in [5.41, 5.74) is 1.88. The monoisotopic (exact) mass is 229 g/mol. The summed E-state index contributed by atoms with van der Waals surface area (Å²) < 4.78 is 13.9. The zero-order chi connectivity index (χ0) is 8.72. The van der Waals surface area contributed by atoms with Crippen LogP contribution in [0, 0.1) is 5.82 Å². The molecule has 1 N–H and O–H groups in total. The Morgan fingerprint density at radius 1 is 1.58 bits per heavy atom. The molecular formula is C9H9BrFN. The maximum atomic E-state index is 13.4. The average Bonchev–Trinajstić information content (AvgIpc) is 2.41. The van der Waals surface area contributed by atoms with Gasteiger partial charge in [0.05, 0.1) is 4.47 Å². The molecule has 1 atom stereocenters. The average molecular weight is 230 g/mol. The minimum absolute atomic E-state index is 0.121. The topological polar surface area (TPSA) is 12.0 Å². The van der Waals surface area contributed by atoms with Crippen LogP contribution in [0.15, 0.2) is 16.6 Å². The minimum atomic E-state index is -0.121. The van der Waals surface area contributed by atoms with E-state index in [1.807, 2.05) is 13.0 Å². The van der Waals surface area contributed by atoms with E-state index in [1.54, 1.807) is 6.07 Å². The van der Waals surface area contributed by atoms with Crippen molar-refractivity contribution in [3.63, 3.8) is 0 Å². The summed E-state index contributed by atoms with van der Waals surface area (Å²) in [7, 11) is 0. The summed E-state index contributed by atoms with van der Waals surface area (Å²) in [6.45, 7) is 2.68. The van der Waals surface area contributed by atoms with Gasteiger partial charge < -0.3 is 5.32 Å². The van der Waals surface area contributed by atoms with Crippen molar-refractivity contribution in [1.29, 1.82) is 0 Å². The number of halogens is 2. The molecule has 12 heavy (non-hydrogen) atoms. The third kappa shape index (κ3) is 1.08. The molecule has 1 aromatic carbocycles. The molecule has 0 fully saturated rings. The highest BCUT2D eigenvalue weighted by molar-refractivity contribution is 9.10. The molecule has 1 heterocycles. The maximum absolute atomic E-state index is 13.4. The molecular weight excluding hydrogens is 221 g/mol. The van der Waals surface area contributed by atoms with E-state index < -0.39 is 0 Å². The van der Waals surface area contributed by atoms with Crippen molar-refractivity contribution in [2.45, 2.75) is 19.5 Å². The molecule has 3 heteroatoms. The van der Waals surface area contributed by atoms with E-state index in [1.165, 1.54) is 0 Å². The predicted octanol–water partition coefficient (Wildman–Crippen LogP) is 2.75. The number of rotatable bonds is 0. The lowest BCUT2D eigenvalue weighted by atomic mass is 10.1. The van der Waals surface area contributed by atoms with Crippen LogP contribution in [0.3, 0.4) is 0 Å². The zero-order valence-corrected chi connectivity index (χ0v) is 8.28. The lowest BCUT2D eigenvalue weighted by Gasteiger charge is -2.04. The van der Waals surface area contributed by atoms with Crippen molar-refractivity contribution in [2.24, 2.45) is 0 Å². The van der Waals surface area contributed by atoms with Crippen LogP contribution in [0.4, 0.5) is 4.39 Å². The Hall–Kier alpha value is -0.410. The molecule has 1 aromatic rings. The molecule has 0 unspecified atom stereocenters. The highest BCUT2D eigenvalue weighted by Gasteiger charge is 2.21. The van der Waals surface area contributed by atoms with Gasteiger partial charge in [0.1, 0.15) is 5.82 Å². The minimum Gasteiger partial charge on any atom is -0.306 e. The number of hydrogen-bond donors (Lipinski definition) is 1. The van der Waals surface area contributed by atoms with Crippen molar-refractivity contribution in [3.05, 3.63) is 33.5 Å². The largest absolute Gasteiger partial charge is 0.306 e. The Morgan fingerprint density at radius 3 is 3.08 bits per heavy atom. The van der Waals surface area contributed by atoms with Gasteiger partial charge in [-0.25, -0.2) is 4.39 Å². The van der Waals surface area contributed by atoms with Crippen LogP contribution in [0.1, 0.15) is 24.1 Å². The highest BCUT2D eigenvalue weighted by Crippen LogP contribution is 2.30. The molecule has 1 aliphatic rings. The van der Waals surface area contributed by atoms with Gasteiger partial charge in [-0.2, -0.15) is 0 Å². The fourth-order valence-electron chi connectivity index (χ4n) is 1.56. The van der Waals surface area contributed by atoms with Gasteiger partial charge in [0, 0.05) is 18.2 Å². The summed E-state index contributed by atoms with van der Waals surface area (Å²) in [4.78, 5) is 0. The van der Waals surface area contributed by atoms with Crippen LogP contribution in [-0.4, -0.2) is 0 Å². The molecule has 1 nitrogen and oxygen atoms in total. The molecule has 0 radical (unpaired) electrons. The van der Waals surface area contributed by atoms with E-state index >= 15 is 0 Å². The van der Waals surface area contributed by atoms with Gasteiger partial charge in [-0.1, -0.05) is 6.07 Å². The van der Waals surface area contributed by atoms with Crippen LogP contribution in [-0.2, 0) is 6.54 Å². The number of fused-ring (bicyclic) bond motifs is 1. The Balaban J connectivity index is 2.60. The van der Waals surface area contributed by atoms with Crippen LogP contribution in [0.2, 0.25) is 0 Å². The summed E-state index contributed by atoms with van der Waals surface area (Å²) in [5, 5.41) is 3.19. The quantitative estimate of drug-likeness (QED) is 0.722. The van der Waals surface area contributed by atoms with Crippen LogP contribution in [0.25, 0.3) is 0 Å². The van der Waals surface area contributed by atoms with Gasteiger partial charge in [0.25, 0.3) is 0 Å². The molecule has 0 saturated carbocycles. The first-order chi connectivity index (χ1) is 5.70. The van der Waals surface area contributed by atoms with E-state index in [9.17, 15) is 4.39 Å². The fraction of sp³-hybridized carbons (Fsp3) is 0.333. The first-order valence-electron chi connectivity index (χ1n) is 3.90. The summed E-state index contributed by atoms with van der Waals surface area (Å²) >= 11 is 3.17. The van der Waals surface area contributed by atoms with Crippen LogP contribution >= 0.6 is 15.9 Å². The summed E-state index contributed by atoms with van der Waals surface area (Å²) in [6, 6.07) is 4.01. The Bertz CT molecular complexity index is 325. The van der Waals surface area contributed by atoms with Crippen molar-refractivity contribution in [1.82, 2.24) is 5.32 Å². The van der Waals surface area contributed by atoms with Crippen LogP contribution in [0.5, 0.6) is 0 Å². The third-order valence-corrected chi connectivity index (χ3v) is 2.90. The molecule has 1 aliphatic heterocycles. The Labute approximate surface area is 79.1 Å². The second-order valence-corrected chi connectivity index (χ2v) is 3.89. The number of hydrogen-bond acceptors (Lipinski definition) is 1. The lowest BCUT2D eigenvalue weighted by molar-refractivity contribution is 0.595. The van der Waals surface area contributed by atoms with Crippen molar-refractivity contribution < 1.29 is 4.39 Å². The van der Waals surface area contributed by atoms with Crippen molar-refractivity contribution in [2.75, 3.05) is 0 Å². The number of benzene rings is 1. The summed E-state index contributed by atoms with van der Waals surface area (Å²) in [6.07, 6.45) is 0. The molecule has 0 spiro atoms. The van der Waals surface area contributed by atoms with Crippen LogP contribution < -0.4 is 5.32 Å². The first-order valence-corrected chi connectivity index (χ1v) is 4.69. The smallest absolute Gasteiger partial charge is 0.142 e. The van der Waals surface area contributed by atoms with E-state index in [2.05, 4.69) is 21.2 Å². The molecule has 0 aromatic heterocycles. The van der Waals surface area contributed by atoms with Gasteiger partial charge in [0.15, 0.2) is 0 Å². The second kappa shape index (κ2) is 2.82. The third-order valence-electron chi connectivity index (χ3n) is 2.28. The fourth-order valence-corrected chi connectivity index (χ4v) is 1.93. The maximum Gasteiger partial charge on any atom is 0.142 e. The normalized spacial score (nSPS) is 21.1. The first kappa shape index (κ1) is 8.20. The molecule has 0 saturated heterocycles. The summed E-state index contributed by atoms with van der Waals surface area (Å²) in [5.74, 6) is -0.121. The SMILES string of the molecule is C[C@@H]1NCc2c1ccc(Br)c2F. The molecule has 0 bridgehead atoms. The van der Waals surface area contributed by atoms with E-state index in [-0.39, 0.29) is 11.9 Å². The number of nitrogens with one attached hydrogen (secondary N) is 1. The van der Waals surface area contributed by atoms with E-state index in [4.69, 9.17) is 0 Å². The highest BCUT2D eigenvalue weighted by atomic mass is 79.9. The van der Waals surface area contributed by atoms with E-state index in [0.29, 0.717) is 11.0 Å². The van der Waals surface area contributed by atoms with Gasteiger partial charge in [-0.15, -0.1) is 0 Å². The lowest BCUT2D eigenvalue weighted by Crippen LogP contribution is -2.06. The molecule has 0 amide bonds. The van der Waals surface area contributed by atoms with Crippen molar-refractivity contribution >= 4 is 15.9 Å². The van der Waals surface area contributed by atoms with Gasteiger partial charge in [0.2, 0.25) is 0 Å². The predicted molar refractivity (Wildman–Crippen MR) is 49.4 cm³/mol. The zero-order valence-electron chi connectivity index (χ0n) is 6.70. The van der Waals surface area contributed by atoms with Gasteiger partial charge in [-0.05, 0) is 34.5 Å². The molecule has 64 valence electrons. The Morgan fingerprint density at radius 2 is 2.33 bits per heavy atom. The molecule has 0 aliphatic carbocycles.